The molecule has 0 saturated heterocycles. The molecule has 0 aliphatic heterocycles. The van der Waals surface area contributed by atoms with E-state index in [1.807, 2.05) is 50.2 Å². The first kappa shape index (κ1) is 20.7. The van der Waals surface area contributed by atoms with Crippen LogP contribution in [0, 0.1) is 0 Å². The minimum atomic E-state index is 0.100. The minimum absolute atomic E-state index is 0.100. The quantitative estimate of drug-likeness (QED) is 0.437. The van der Waals surface area contributed by atoms with E-state index in [1.54, 1.807) is 11.8 Å². The maximum atomic E-state index is 11.9. The zero-order valence-corrected chi connectivity index (χ0v) is 16.9. The summed E-state index contributed by atoms with van der Waals surface area (Å²) in [5, 5.41) is 3.72. The predicted octanol–water partition coefficient (Wildman–Crippen LogP) is 5.36. The number of ether oxygens (including phenoxy) is 1. The van der Waals surface area contributed by atoms with E-state index in [0.717, 1.165) is 34.3 Å². The monoisotopic (exact) mass is 391 g/mol. The molecule has 0 aliphatic carbocycles. The molecule has 2 aromatic carbocycles. The lowest BCUT2D eigenvalue weighted by atomic mass is 10.1. The van der Waals surface area contributed by atoms with Gasteiger partial charge >= 0.3 is 0 Å². The summed E-state index contributed by atoms with van der Waals surface area (Å²) in [6.45, 7) is 4.74. The van der Waals surface area contributed by atoms with Gasteiger partial charge in [-0.1, -0.05) is 23.7 Å². The summed E-state index contributed by atoms with van der Waals surface area (Å²) < 4.78 is 5.71. The lowest BCUT2D eigenvalue weighted by Gasteiger charge is -2.11. The van der Waals surface area contributed by atoms with Crippen molar-refractivity contribution in [2.24, 2.45) is 0 Å². The largest absolute Gasteiger partial charge is 0.491 e. The van der Waals surface area contributed by atoms with Gasteiger partial charge in [0, 0.05) is 28.6 Å². The van der Waals surface area contributed by atoms with E-state index in [1.165, 1.54) is 5.56 Å². The van der Waals surface area contributed by atoms with Crippen molar-refractivity contribution in [3.8, 4) is 5.75 Å². The van der Waals surface area contributed by atoms with Crippen LogP contribution >= 0.6 is 23.4 Å². The molecule has 0 saturated carbocycles. The molecule has 0 heterocycles. The summed E-state index contributed by atoms with van der Waals surface area (Å²) in [6, 6.07) is 15.8. The molecule has 1 amide bonds. The van der Waals surface area contributed by atoms with Crippen molar-refractivity contribution in [2.45, 2.75) is 44.1 Å². The Morgan fingerprint density at radius 1 is 1.19 bits per heavy atom. The standard InChI is InChI=1S/C21H26ClNO2S/c1-16(2)25-19-7-3-5-17(15-19)6-4-13-23-21(24)12-14-26-20-10-8-18(22)9-11-20/h3,5,7-11,15-16H,4,6,12-14H2,1-2H3,(H,23,24). The van der Waals surface area contributed by atoms with Crippen LogP contribution in [0.5, 0.6) is 5.75 Å². The van der Waals surface area contributed by atoms with E-state index in [-0.39, 0.29) is 12.0 Å². The van der Waals surface area contributed by atoms with Gasteiger partial charge < -0.3 is 10.1 Å². The second-order valence-corrected chi connectivity index (χ2v) is 7.92. The second kappa shape index (κ2) is 11.1. The third-order valence-electron chi connectivity index (χ3n) is 3.65. The van der Waals surface area contributed by atoms with Crippen LogP contribution in [0.4, 0.5) is 0 Å². The van der Waals surface area contributed by atoms with Gasteiger partial charge in [-0.15, -0.1) is 11.8 Å². The zero-order chi connectivity index (χ0) is 18.8. The van der Waals surface area contributed by atoms with Crippen molar-refractivity contribution in [1.29, 1.82) is 0 Å². The summed E-state index contributed by atoms with van der Waals surface area (Å²) in [4.78, 5) is 13.0. The molecule has 0 spiro atoms. The van der Waals surface area contributed by atoms with Crippen LogP contribution in [-0.2, 0) is 11.2 Å². The molecule has 5 heteroatoms. The average molecular weight is 392 g/mol. The summed E-state index contributed by atoms with van der Waals surface area (Å²) >= 11 is 7.53. The lowest BCUT2D eigenvalue weighted by Crippen LogP contribution is -2.24. The number of rotatable bonds is 10. The van der Waals surface area contributed by atoms with E-state index in [0.29, 0.717) is 13.0 Å². The van der Waals surface area contributed by atoms with Gasteiger partial charge in [0.1, 0.15) is 5.75 Å². The summed E-state index contributed by atoms with van der Waals surface area (Å²) in [6.07, 6.45) is 2.54. The van der Waals surface area contributed by atoms with Crippen molar-refractivity contribution >= 4 is 29.3 Å². The van der Waals surface area contributed by atoms with E-state index in [2.05, 4.69) is 17.4 Å². The Morgan fingerprint density at radius 3 is 2.69 bits per heavy atom. The number of halogens is 1. The number of thioether (sulfide) groups is 1. The number of aryl methyl sites for hydroxylation is 1. The molecule has 0 radical (unpaired) electrons. The van der Waals surface area contributed by atoms with Gasteiger partial charge in [-0.25, -0.2) is 0 Å². The van der Waals surface area contributed by atoms with Crippen LogP contribution < -0.4 is 10.1 Å². The molecule has 0 atom stereocenters. The molecule has 2 aromatic rings. The fourth-order valence-electron chi connectivity index (χ4n) is 2.45. The van der Waals surface area contributed by atoms with Crippen molar-refractivity contribution in [3.05, 3.63) is 59.1 Å². The third kappa shape index (κ3) is 8.15. The van der Waals surface area contributed by atoms with E-state index in [9.17, 15) is 4.79 Å². The molecule has 0 fully saturated rings. The highest BCUT2D eigenvalue weighted by atomic mass is 35.5. The third-order valence-corrected chi connectivity index (χ3v) is 4.91. The number of benzene rings is 2. The van der Waals surface area contributed by atoms with Crippen LogP contribution in [0.15, 0.2) is 53.4 Å². The number of nitrogens with one attached hydrogen (secondary N) is 1. The SMILES string of the molecule is CC(C)Oc1cccc(CCCNC(=O)CCSc2ccc(Cl)cc2)c1. The molecule has 140 valence electrons. The highest BCUT2D eigenvalue weighted by Gasteiger charge is 2.03. The average Bonchev–Trinajstić information content (AvgIpc) is 2.60. The summed E-state index contributed by atoms with van der Waals surface area (Å²) in [5.41, 5.74) is 1.23. The van der Waals surface area contributed by atoms with Gasteiger partial charge in [0.25, 0.3) is 0 Å². The fourth-order valence-corrected chi connectivity index (χ4v) is 3.43. The van der Waals surface area contributed by atoms with Gasteiger partial charge in [-0.3, -0.25) is 4.79 Å². The number of carbonyl (C=O) groups is 1. The number of hydrogen-bond acceptors (Lipinski definition) is 3. The first-order valence-electron chi connectivity index (χ1n) is 8.93. The lowest BCUT2D eigenvalue weighted by molar-refractivity contribution is -0.120. The molecular weight excluding hydrogens is 366 g/mol. The second-order valence-electron chi connectivity index (χ2n) is 6.32. The van der Waals surface area contributed by atoms with Gasteiger partial charge in [-0.05, 0) is 68.7 Å². The maximum Gasteiger partial charge on any atom is 0.220 e. The molecule has 3 nitrogen and oxygen atoms in total. The van der Waals surface area contributed by atoms with Crippen molar-refractivity contribution < 1.29 is 9.53 Å². The number of carbonyl (C=O) groups excluding carboxylic acids is 1. The summed E-state index contributed by atoms with van der Waals surface area (Å²) in [7, 11) is 0. The molecule has 0 unspecified atom stereocenters. The summed E-state index contributed by atoms with van der Waals surface area (Å²) in [5.74, 6) is 1.77. The highest BCUT2D eigenvalue weighted by molar-refractivity contribution is 7.99. The zero-order valence-electron chi connectivity index (χ0n) is 15.3. The van der Waals surface area contributed by atoms with Crippen LogP contribution in [0.1, 0.15) is 32.3 Å². The Bertz CT molecular complexity index is 689. The molecular formula is C21H26ClNO2S. The normalized spacial score (nSPS) is 10.8. The van der Waals surface area contributed by atoms with Crippen LogP contribution in [0.3, 0.4) is 0 Å². The number of hydrogen-bond donors (Lipinski definition) is 1. The predicted molar refractivity (Wildman–Crippen MR) is 110 cm³/mol. The molecule has 2 rings (SSSR count). The Labute approximate surface area is 165 Å². The first-order valence-corrected chi connectivity index (χ1v) is 10.3. The van der Waals surface area contributed by atoms with Crippen molar-refractivity contribution in [3.63, 3.8) is 0 Å². The first-order chi connectivity index (χ1) is 12.5. The van der Waals surface area contributed by atoms with Gasteiger partial charge in [0.15, 0.2) is 0 Å². The fraction of sp³-hybridized carbons (Fsp3) is 0.381. The van der Waals surface area contributed by atoms with Crippen molar-refractivity contribution in [2.75, 3.05) is 12.3 Å². The highest BCUT2D eigenvalue weighted by Crippen LogP contribution is 2.21. The van der Waals surface area contributed by atoms with Gasteiger partial charge in [-0.2, -0.15) is 0 Å². The van der Waals surface area contributed by atoms with Crippen LogP contribution in [-0.4, -0.2) is 24.3 Å². The van der Waals surface area contributed by atoms with E-state index >= 15 is 0 Å². The van der Waals surface area contributed by atoms with Gasteiger partial charge in [0.2, 0.25) is 5.91 Å². The van der Waals surface area contributed by atoms with Crippen LogP contribution in [0.2, 0.25) is 5.02 Å². The van der Waals surface area contributed by atoms with E-state index < -0.39 is 0 Å². The molecule has 0 aromatic heterocycles. The molecule has 0 aliphatic rings. The Balaban J connectivity index is 1.60. The Hall–Kier alpha value is -1.65. The Kier molecular flexibility index (Phi) is 8.86. The Morgan fingerprint density at radius 2 is 1.96 bits per heavy atom. The van der Waals surface area contributed by atoms with Gasteiger partial charge in [0.05, 0.1) is 6.10 Å². The minimum Gasteiger partial charge on any atom is -0.491 e. The molecule has 1 N–H and O–H groups in total. The van der Waals surface area contributed by atoms with E-state index in [4.69, 9.17) is 16.3 Å². The van der Waals surface area contributed by atoms with Crippen molar-refractivity contribution in [1.82, 2.24) is 5.32 Å². The maximum absolute atomic E-state index is 11.9. The topological polar surface area (TPSA) is 38.3 Å². The number of amides is 1. The van der Waals surface area contributed by atoms with Crippen LogP contribution in [0.25, 0.3) is 0 Å². The molecule has 26 heavy (non-hydrogen) atoms. The molecule has 0 bridgehead atoms. The smallest absolute Gasteiger partial charge is 0.220 e.